The third-order valence-corrected chi connectivity index (χ3v) is 6.34. The molecular formula is C28H19N7O5. The quantitative estimate of drug-likeness (QED) is 0.301. The number of carbonyl (C=O) groups excluding carboxylic acids is 1. The first-order chi connectivity index (χ1) is 19.4. The number of hydrogen-bond donors (Lipinski definition) is 2. The minimum absolute atomic E-state index is 0.0866. The maximum atomic E-state index is 11.9. The van der Waals surface area contributed by atoms with Crippen LogP contribution in [0.2, 0.25) is 0 Å². The zero-order valence-electron chi connectivity index (χ0n) is 20.8. The Morgan fingerprint density at radius 2 is 1.45 bits per heavy atom. The number of ether oxygens (including phenoxy) is 1. The fourth-order valence-electron chi connectivity index (χ4n) is 4.38. The maximum absolute atomic E-state index is 11.9. The molecule has 12 nitrogen and oxygen atoms in total. The summed E-state index contributed by atoms with van der Waals surface area (Å²) in [5, 5.41) is 38.1. The zero-order chi connectivity index (χ0) is 27.8. The normalized spacial score (nSPS) is 11.0. The number of benzene rings is 3. The number of aromatic nitrogens is 7. The molecular weight excluding hydrogens is 514 g/mol. The van der Waals surface area contributed by atoms with Crippen LogP contribution in [0, 0.1) is 0 Å². The van der Waals surface area contributed by atoms with E-state index in [9.17, 15) is 19.8 Å². The molecule has 0 unspecified atom stereocenters. The van der Waals surface area contributed by atoms with Gasteiger partial charge in [-0.25, -0.2) is 19.0 Å². The van der Waals surface area contributed by atoms with Gasteiger partial charge in [-0.05, 0) is 41.8 Å². The molecule has 0 bridgehead atoms. The van der Waals surface area contributed by atoms with Crippen molar-refractivity contribution in [2.24, 2.45) is 0 Å². The van der Waals surface area contributed by atoms with E-state index in [0.29, 0.717) is 33.6 Å². The lowest BCUT2D eigenvalue weighted by atomic mass is 10.0. The van der Waals surface area contributed by atoms with Crippen molar-refractivity contribution in [1.29, 1.82) is 0 Å². The van der Waals surface area contributed by atoms with E-state index in [0.717, 1.165) is 5.39 Å². The standard InChI is InChI=1S/C28H19N7O5/c1-40-28(39)16-8-9-26(36)25(11-16)35-15-23(31-33-35)18-10-17(12-29-13-18)22-14-34(32-30-22)24-7-3-4-19-20(24)5-2-6-21(19)27(37)38/h2-15,36H,1H3,(H,37,38). The summed E-state index contributed by atoms with van der Waals surface area (Å²) in [6, 6.07) is 16.6. The van der Waals surface area contributed by atoms with E-state index in [-0.39, 0.29) is 22.6 Å². The third-order valence-electron chi connectivity index (χ3n) is 6.34. The molecule has 2 N–H and O–H groups in total. The molecule has 3 aromatic heterocycles. The minimum atomic E-state index is -1.01. The predicted octanol–water partition coefficient (Wildman–Crippen LogP) is 3.92. The molecule has 0 atom stereocenters. The third kappa shape index (κ3) is 4.28. The van der Waals surface area contributed by atoms with Gasteiger partial charge in [-0.15, -0.1) is 10.2 Å². The molecule has 0 saturated heterocycles. The van der Waals surface area contributed by atoms with Gasteiger partial charge in [-0.1, -0.05) is 34.7 Å². The maximum Gasteiger partial charge on any atom is 0.337 e. The van der Waals surface area contributed by atoms with E-state index < -0.39 is 11.9 Å². The Morgan fingerprint density at radius 1 is 0.800 bits per heavy atom. The number of aromatic carboxylic acids is 1. The molecule has 6 aromatic rings. The van der Waals surface area contributed by atoms with Gasteiger partial charge in [0, 0.05) is 28.9 Å². The van der Waals surface area contributed by atoms with Crippen molar-refractivity contribution in [2.75, 3.05) is 7.11 Å². The zero-order valence-corrected chi connectivity index (χ0v) is 20.8. The highest BCUT2D eigenvalue weighted by molar-refractivity contribution is 6.06. The number of pyridine rings is 1. The number of hydrogen-bond acceptors (Lipinski definition) is 9. The average molecular weight is 534 g/mol. The van der Waals surface area contributed by atoms with Gasteiger partial charge in [0.25, 0.3) is 0 Å². The van der Waals surface area contributed by atoms with Crippen molar-refractivity contribution < 1.29 is 24.5 Å². The topological polar surface area (TPSA) is 158 Å². The summed E-state index contributed by atoms with van der Waals surface area (Å²) in [6.45, 7) is 0. The van der Waals surface area contributed by atoms with E-state index in [1.165, 1.54) is 30.0 Å². The number of phenolic OH excluding ortho intramolecular Hbond substituents is 1. The molecule has 3 aromatic carbocycles. The largest absolute Gasteiger partial charge is 0.506 e. The van der Waals surface area contributed by atoms with Crippen LogP contribution < -0.4 is 0 Å². The first-order valence-electron chi connectivity index (χ1n) is 11.9. The summed E-state index contributed by atoms with van der Waals surface area (Å²) in [7, 11) is 1.28. The van der Waals surface area contributed by atoms with Crippen LogP contribution in [-0.4, -0.2) is 64.2 Å². The Bertz CT molecular complexity index is 1930. The van der Waals surface area contributed by atoms with Crippen molar-refractivity contribution >= 4 is 22.7 Å². The number of phenols is 1. The number of carbonyl (C=O) groups is 2. The summed E-state index contributed by atoms with van der Waals surface area (Å²) >= 11 is 0. The second-order valence-corrected chi connectivity index (χ2v) is 8.74. The molecule has 0 aliphatic carbocycles. The van der Waals surface area contributed by atoms with Gasteiger partial charge in [0.05, 0.1) is 36.3 Å². The fraction of sp³-hybridized carbons (Fsp3) is 0.0357. The van der Waals surface area contributed by atoms with Crippen molar-refractivity contribution in [3.8, 4) is 39.6 Å². The molecule has 3 heterocycles. The van der Waals surface area contributed by atoms with Crippen molar-refractivity contribution in [3.05, 3.63) is 96.6 Å². The second-order valence-electron chi connectivity index (χ2n) is 8.74. The number of carboxylic acid groups (broad SMARTS) is 1. The molecule has 0 aliphatic rings. The molecule has 0 saturated carbocycles. The summed E-state index contributed by atoms with van der Waals surface area (Å²) < 4.78 is 7.69. The van der Waals surface area contributed by atoms with Crippen molar-refractivity contribution in [2.45, 2.75) is 0 Å². The van der Waals surface area contributed by atoms with E-state index in [1.807, 2.05) is 18.2 Å². The molecule has 0 fully saturated rings. The van der Waals surface area contributed by atoms with Gasteiger partial charge in [-0.3, -0.25) is 4.98 Å². The highest BCUT2D eigenvalue weighted by Gasteiger charge is 2.16. The Hall–Kier alpha value is -5.91. The van der Waals surface area contributed by atoms with Gasteiger partial charge < -0.3 is 14.9 Å². The van der Waals surface area contributed by atoms with Crippen LogP contribution in [0.1, 0.15) is 20.7 Å². The van der Waals surface area contributed by atoms with Crippen LogP contribution in [0.25, 0.3) is 44.7 Å². The van der Waals surface area contributed by atoms with Crippen LogP contribution in [0.15, 0.2) is 85.5 Å². The molecule has 40 heavy (non-hydrogen) atoms. The number of nitrogens with zero attached hydrogens (tertiary/aromatic N) is 7. The van der Waals surface area contributed by atoms with Crippen molar-refractivity contribution in [3.63, 3.8) is 0 Å². The van der Waals surface area contributed by atoms with Crippen LogP contribution in [0.4, 0.5) is 0 Å². The van der Waals surface area contributed by atoms with Gasteiger partial charge in [-0.2, -0.15) is 0 Å². The molecule has 0 radical (unpaired) electrons. The van der Waals surface area contributed by atoms with Gasteiger partial charge in [0.15, 0.2) is 0 Å². The Labute approximate surface area is 225 Å². The van der Waals surface area contributed by atoms with Crippen LogP contribution >= 0.6 is 0 Å². The highest BCUT2D eigenvalue weighted by Crippen LogP contribution is 2.28. The summed E-state index contributed by atoms with van der Waals surface area (Å²) in [5.74, 6) is -1.64. The predicted molar refractivity (Wildman–Crippen MR) is 142 cm³/mol. The Morgan fingerprint density at radius 3 is 2.12 bits per heavy atom. The van der Waals surface area contributed by atoms with E-state index in [2.05, 4.69) is 25.6 Å². The average Bonchev–Trinajstić information content (AvgIpc) is 3.67. The molecule has 0 spiro atoms. The lowest BCUT2D eigenvalue weighted by Crippen LogP contribution is -2.03. The minimum Gasteiger partial charge on any atom is -0.506 e. The molecule has 196 valence electrons. The van der Waals surface area contributed by atoms with Gasteiger partial charge in [0.1, 0.15) is 22.8 Å². The SMILES string of the molecule is COC(=O)c1ccc(O)c(-n2cc(-c3cncc(-c4cn(-c5cccc6c(C(=O)O)cccc56)nn4)c3)nn2)c1. The van der Waals surface area contributed by atoms with Gasteiger partial charge >= 0.3 is 11.9 Å². The summed E-state index contributed by atoms with van der Waals surface area (Å²) in [4.78, 5) is 27.9. The lowest BCUT2D eigenvalue weighted by Gasteiger charge is -2.07. The number of methoxy groups -OCH3 is 1. The summed E-state index contributed by atoms with van der Waals surface area (Å²) in [5.41, 5.74) is 3.71. The summed E-state index contributed by atoms with van der Waals surface area (Å²) in [6.07, 6.45) is 6.59. The Balaban J connectivity index is 1.33. The lowest BCUT2D eigenvalue weighted by molar-refractivity contribution is 0.0599. The molecule has 12 heteroatoms. The van der Waals surface area contributed by atoms with Crippen molar-refractivity contribution in [1.82, 2.24) is 35.0 Å². The Kier molecular flexibility index (Phi) is 5.96. The van der Waals surface area contributed by atoms with E-state index in [4.69, 9.17) is 4.74 Å². The van der Waals surface area contributed by atoms with Crippen LogP contribution in [-0.2, 0) is 4.74 Å². The number of fused-ring (bicyclic) bond motifs is 1. The van der Waals surface area contributed by atoms with Crippen LogP contribution in [0.5, 0.6) is 5.75 Å². The first-order valence-corrected chi connectivity index (χ1v) is 11.9. The van der Waals surface area contributed by atoms with E-state index >= 15 is 0 Å². The first kappa shape index (κ1) is 24.4. The second kappa shape index (κ2) is 9.76. The number of aromatic hydroxyl groups is 1. The van der Waals surface area contributed by atoms with E-state index in [1.54, 1.807) is 53.7 Å². The smallest absolute Gasteiger partial charge is 0.337 e. The number of rotatable bonds is 6. The fourth-order valence-corrected chi connectivity index (χ4v) is 4.38. The molecule has 6 rings (SSSR count). The monoisotopic (exact) mass is 533 g/mol. The molecule has 0 amide bonds. The van der Waals surface area contributed by atoms with Gasteiger partial charge in [0.2, 0.25) is 0 Å². The van der Waals surface area contributed by atoms with Crippen LogP contribution in [0.3, 0.4) is 0 Å². The number of carboxylic acids is 1. The molecule has 0 aliphatic heterocycles. The number of esters is 1. The highest BCUT2D eigenvalue weighted by atomic mass is 16.5.